The van der Waals surface area contributed by atoms with Gasteiger partial charge in [-0.15, -0.1) is 0 Å². The summed E-state index contributed by atoms with van der Waals surface area (Å²) in [5, 5.41) is 8.46. The number of carbonyl (C=O) groups is 1. The third-order valence-corrected chi connectivity index (χ3v) is 2.20. The second kappa shape index (κ2) is 4.92. The lowest BCUT2D eigenvalue weighted by Gasteiger charge is -1.99. The van der Waals surface area contributed by atoms with E-state index in [1.54, 1.807) is 0 Å². The fourth-order valence-corrected chi connectivity index (χ4v) is 1.27. The lowest BCUT2D eigenvalue weighted by atomic mass is 10.1. The van der Waals surface area contributed by atoms with Crippen LogP contribution in [0.25, 0.3) is 0 Å². The number of carboxylic acids is 1. The van der Waals surface area contributed by atoms with Crippen molar-refractivity contribution < 1.29 is 9.90 Å². The molecule has 70 valence electrons. The lowest BCUT2D eigenvalue weighted by molar-refractivity contribution is -0.136. The SMILES string of the molecule is O=C(O)CCc1ccc(CS)cc1. The van der Waals surface area contributed by atoms with Crippen molar-refractivity contribution in [2.24, 2.45) is 0 Å². The Bertz CT molecular complexity index is 279. The summed E-state index contributed by atoms with van der Waals surface area (Å²) in [6.07, 6.45) is 0.794. The Kier molecular flexibility index (Phi) is 3.83. The largest absolute Gasteiger partial charge is 0.481 e. The van der Waals surface area contributed by atoms with E-state index in [0.717, 1.165) is 16.9 Å². The molecule has 0 saturated heterocycles. The van der Waals surface area contributed by atoms with Crippen LogP contribution in [0.4, 0.5) is 0 Å². The van der Waals surface area contributed by atoms with Crippen LogP contribution in [0, 0.1) is 0 Å². The van der Waals surface area contributed by atoms with E-state index in [2.05, 4.69) is 12.6 Å². The fraction of sp³-hybridized carbons (Fsp3) is 0.300. The first-order valence-electron chi connectivity index (χ1n) is 4.13. The van der Waals surface area contributed by atoms with Gasteiger partial charge in [-0.3, -0.25) is 4.79 Å². The number of benzene rings is 1. The third kappa shape index (κ3) is 3.51. The van der Waals surface area contributed by atoms with Gasteiger partial charge in [-0.2, -0.15) is 12.6 Å². The molecule has 2 nitrogen and oxygen atoms in total. The van der Waals surface area contributed by atoms with E-state index in [1.807, 2.05) is 24.3 Å². The molecular weight excluding hydrogens is 184 g/mol. The molecule has 3 heteroatoms. The Hall–Kier alpha value is -0.960. The van der Waals surface area contributed by atoms with E-state index < -0.39 is 5.97 Å². The number of aliphatic carboxylic acids is 1. The van der Waals surface area contributed by atoms with Gasteiger partial charge in [-0.25, -0.2) is 0 Å². The average Bonchev–Trinajstić information content (AvgIpc) is 2.15. The maximum atomic E-state index is 10.3. The molecule has 1 aromatic carbocycles. The van der Waals surface area contributed by atoms with Gasteiger partial charge < -0.3 is 5.11 Å². The van der Waals surface area contributed by atoms with Crippen molar-refractivity contribution in [1.82, 2.24) is 0 Å². The topological polar surface area (TPSA) is 37.3 Å². The van der Waals surface area contributed by atoms with Crippen molar-refractivity contribution in [1.29, 1.82) is 0 Å². The summed E-state index contributed by atoms with van der Waals surface area (Å²) >= 11 is 4.14. The van der Waals surface area contributed by atoms with E-state index >= 15 is 0 Å². The molecule has 13 heavy (non-hydrogen) atoms. The first kappa shape index (κ1) is 10.1. The number of thiol groups is 1. The number of rotatable bonds is 4. The van der Waals surface area contributed by atoms with Gasteiger partial charge >= 0.3 is 5.97 Å². The molecule has 1 rings (SSSR count). The zero-order chi connectivity index (χ0) is 9.68. The molecule has 0 aliphatic heterocycles. The highest BCUT2D eigenvalue weighted by molar-refractivity contribution is 7.79. The molecule has 1 aromatic rings. The van der Waals surface area contributed by atoms with Crippen molar-refractivity contribution >= 4 is 18.6 Å². The predicted molar refractivity (Wildman–Crippen MR) is 55.1 cm³/mol. The van der Waals surface area contributed by atoms with Crippen LogP contribution in [-0.2, 0) is 17.0 Å². The average molecular weight is 196 g/mol. The van der Waals surface area contributed by atoms with Crippen molar-refractivity contribution in [3.05, 3.63) is 35.4 Å². The van der Waals surface area contributed by atoms with E-state index in [1.165, 1.54) is 0 Å². The molecule has 0 aliphatic rings. The predicted octanol–water partition coefficient (Wildman–Crippen LogP) is 2.13. The number of hydrogen-bond donors (Lipinski definition) is 2. The number of aryl methyl sites for hydroxylation is 1. The van der Waals surface area contributed by atoms with Crippen LogP contribution in [-0.4, -0.2) is 11.1 Å². The fourth-order valence-electron chi connectivity index (χ4n) is 1.06. The molecule has 0 radical (unpaired) electrons. The van der Waals surface area contributed by atoms with Gasteiger partial charge in [0.1, 0.15) is 0 Å². The molecule has 0 spiro atoms. The monoisotopic (exact) mass is 196 g/mol. The normalized spacial score (nSPS) is 9.92. The van der Waals surface area contributed by atoms with Crippen LogP contribution in [0.2, 0.25) is 0 Å². The maximum absolute atomic E-state index is 10.3. The molecule has 1 N–H and O–H groups in total. The van der Waals surface area contributed by atoms with Crippen molar-refractivity contribution in [3.63, 3.8) is 0 Å². The Labute approximate surface area is 83.0 Å². The minimum atomic E-state index is -0.752. The minimum Gasteiger partial charge on any atom is -0.481 e. The molecule has 0 bridgehead atoms. The molecule has 0 atom stereocenters. The van der Waals surface area contributed by atoms with E-state index in [4.69, 9.17) is 5.11 Å². The first-order valence-corrected chi connectivity index (χ1v) is 4.76. The van der Waals surface area contributed by atoms with Crippen LogP contribution in [0.5, 0.6) is 0 Å². The highest BCUT2D eigenvalue weighted by Gasteiger charge is 1.98. The first-order chi connectivity index (χ1) is 6.22. The van der Waals surface area contributed by atoms with Crippen LogP contribution >= 0.6 is 12.6 Å². The van der Waals surface area contributed by atoms with Crippen LogP contribution in [0.15, 0.2) is 24.3 Å². The Morgan fingerprint density at radius 3 is 2.23 bits per heavy atom. The minimum absolute atomic E-state index is 0.195. The second-order valence-electron chi connectivity index (χ2n) is 2.87. The summed E-state index contributed by atoms with van der Waals surface area (Å²) in [5.74, 6) is -0.0302. The van der Waals surface area contributed by atoms with Crippen molar-refractivity contribution in [2.45, 2.75) is 18.6 Å². The molecule has 0 fully saturated rings. The Morgan fingerprint density at radius 1 is 1.23 bits per heavy atom. The standard InChI is InChI=1S/C10H12O2S/c11-10(12)6-5-8-1-3-9(7-13)4-2-8/h1-4,13H,5-7H2,(H,11,12). The Morgan fingerprint density at radius 2 is 1.77 bits per heavy atom. The van der Waals surface area contributed by atoms with Crippen LogP contribution < -0.4 is 0 Å². The zero-order valence-corrected chi connectivity index (χ0v) is 8.13. The van der Waals surface area contributed by atoms with Crippen molar-refractivity contribution in [3.8, 4) is 0 Å². The zero-order valence-electron chi connectivity index (χ0n) is 7.23. The maximum Gasteiger partial charge on any atom is 0.303 e. The summed E-state index contributed by atoms with van der Waals surface area (Å²) in [4.78, 5) is 10.3. The summed E-state index contributed by atoms with van der Waals surface area (Å²) in [6, 6.07) is 7.86. The quantitative estimate of drug-likeness (QED) is 0.724. The number of hydrogen-bond acceptors (Lipinski definition) is 2. The molecule has 0 aromatic heterocycles. The van der Waals surface area contributed by atoms with Gasteiger partial charge in [0, 0.05) is 12.2 Å². The summed E-state index contributed by atoms with van der Waals surface area (Å²) in [5.41, 5.74) is 2.22. The van der Waals surface area contributed by atoms with Crippen LogP contribution in [0.1, 0.15) is 17.5 Å². The van der Waals surface area contributed by atoms with Gasteiger partial charge in [0.15, 0.2) is 0 Å². The van der Waals surface area contributed by atoms with Gasteiger partial charge in [0.05, 0.1) is 0 Å². The third-order valence-electron chi connectivity index (χ3n) is 1.83. The van der Waals surface area contributed by atoms with Gasteiger partial charge in [0.25, 0.3) is 0 Å². The molecule has 0 amide bonds. The van der Waals surface area contributed by atoms with E-state index in [-0.39, 0.29) is 6.42 Å². The van der Waals surface area contributed by atoms with Gasteiger partial charge in [-0.1, -0.05) is 24.3 Å². The highest BCUT2D eigenvalue weighted by Crippen LogP contribution is 2.08. The van der Waals surface area contributed by atoms with Crippen molar-refractivity contribution in [2.75, 3.05) is 0 Å². The van der Waals surface area contributed by atoms with E-state index in [0.29, 0.717) is 6.42 Å². The lowest BCUT2D eigenvalue weighted by Crippen LogP contribution is -1.97. The molecular formula is C10H12O2S. The highest BCUT2D eigenvalue weighted by atomic mass is 32.1. The second-order valence-corrected chi connectivity index (χ2v) is 3.18. The number of carboxylic acid groups (broad SMARTS) is 1. The molecule has 0 unspecified atom stereocenters. The van der Waals surface area contributed by atoms with Crippen LogP contribution in [0.3, 0.4) is 0 Å². The molecule has 0 aliphatic carbocycles. The Balaban J connectivity index is 2.54. The smallest absolute Gasteiger partial charge is 0.303 e. The summed E-state index contributed by atoms with van der Waals surface area (Å²) in [6.45, 7) is 0. The molecule has 0 heterocycles. The van der Waals surface area contributed by atoms with E-state index in [9.17, 15) is 4.79 Å². The summed E-state index contributed by atoms with van der Waals surface area (Å²) < 4.78 is 0. The van der Waals surface area contributed by atoms with Gasteiger partial charge in [0.2, 0.25) is 0 Å². The molecule has 0 saturated carbocycles. The summed E-state index contributed by atoms with van der Waals surface area (Å²) in [7, 11) is 0. The van der Waals surface area contributed by atoms with Gasteiger partial charge in [-0.05, 0) is 17.5 Å².